The number of hydrogen-bond acceptors (Lipinski definition) is 16. The van der Waals surface area contributed by atoms with Crippen molar-refractivity contribution in [3.63, 3.8) is 0 Å². The molecule has 14 unspecified atom stereocenters. The highest BCUT2D eigenvalue weighted by molar-refractivity contribution is 7.79. The lowest BCUT2D eigenvalue weighted by Crippen LogP contribution is -2.85. The van der Waals surface area contributed by atoms with Gasteiger partial charge < -0.3 is 55.3 Å². The van der Waals surface area contributed by atoms with Gasteiger partial charge in [-0.05, 0) is 102 Å². The molecule has 7 aliphatic rings. The maximum atomic E-state index is 12.9. The molecule has 3 aliphatic heterocycles. The lowest BCUT2D eigenvalue weighted by atomic mass is 9.49. The highest BCUT2D eigenvalue weighted by Gasteiger charge is 2.88. The van der Waals surface area contributed by atoms with E-state index in [1.54, 1.807) is 63.2 Å². The number of aliphatic hydroxyl groups is 6. The van der Waals surface area contributed by atoms with E-state index in [0.29, 0.717) is 61.6 Å². The summed E-state index contributed by atoms with van der Waals surface area (Å²) in [7, 11) is -4.67. The van der Waals surface area contributed by atoms with Crippen LogP contribution in [-0.4, -0.2) is 141 Å². The van der Waals surface area contributed by atoms with E-state index in [0.717, 1.165) is 6.42 Å². The number of phenols is 1. The van der Waals surface area contributed by atoms with Crippen LogP contribution in [0.1, 0.15) is 103 Å². The molecular formula is C47H64N2O17S. The number of para-hydroxylation sites is 1. The number of benzene rings is 2. The lowest BCUT2D eigenvalue weighted by Gasteiger charge is -2.68. The minimum Gasteiger partial charge on any atom is -0.507 e. The van der Waals surface area contributed by atoms with Gasteiger partial charge in [0, 0.05) is 73.3 Å². The molecule has 1 spiro atoms. The maximum Gasteiger partial charge on any atom is 0.394 e. The van der Waals surface area contributed by atoms with Crippen molar-refractivity contribution in [2.75, 3.05) is 18.4 Å². The van der Waals surface area contributed by atoms with Crippen molar-refractivity contribution >= 4 is 33.9 Å². The van der Waals surface area contributed by atoms with E-state index >= 15 is 0 Å². The van der Waals surface area contributed by atoms with Crippen molar-refractivity contribution in [2.45, 2.75) is 145 Å². The first-order chi connectivity index (χ1) is 31.0. The molecule has 4 aliphatic carbocycles. The number of piperidine rings is 2. The Morgan fingerprint density at radius 1 is 0.866 bits per heavy atom. The van der Waals surface area contributed by atoms with Gasteiger partial charge in [-0.15, -0.1) is 0 Å². The molecule has 0 aromatic heterocycles. The predicted octanol–water partition coefficient (Wildman–Crippen LogP) is 2.91. The van der Waals surface area contributed by atoms with E-state index in [9.17, 15) is 50.1 Å². The first-order valence-corrected chi connectivity index (χ1v) is 24.1. The minimum absolute atomic E-state index is 0.0606. The van der Waals surface area contributed by atoms with E-state index in [-0.39, 0.29) is 42.6 Å². The average molecular weight is 961 g/mol. The van der Waals surface area contributed by atoms with Crippen LogP contribution in [0, 0.1) is 29.1 Å². The number of allylic oxidation sites excluding steroid dienone is 1. The molecule has 1 amide bonds. The normalized spacial score (nSPS) is 41.6. The number of ether oxygens (including phenoxy) is 3. The SMILES string of the molecule is CC(=O)Nc1ccc(OC(=O)c2ccccc2O)cc1.CC=C(C)C(=O)OC1CCC2(C)C3CCC4C5(O)CC(O)C6(O)C(CN7CC(C)CCC7C6(C)O)C5(O)CC42OC13O.O=S(=O)(O)O. The predicted molar refractivity (Wildman–Crippen MR) is 238 cm³/mol. The summed E-state index contributed by atoms with van der Waals surface area (Å²) in [5, 5.41) is 86.1. The number of carbonyl (C=O) groups excluding carboxylic acids is 3. The number of amides is 1. The average Bonchev–Trinajstić information content (AvgIpc) is 3.41. The second kappa shape index (κ2) is 17.4. The third kappa shape index (κ3) is 8.18. The van der Waals surface area contributed by atoms with Crippen molar-refractivity contribution in [3.05, 3.63) is 65.7 Å². The minimum atomic E-state index is -4.67. The fourth-order valence-electron chi connectivity index (χ4n) is 13.4. The van der Waals surface area contributed by atoms with Crippen LogP contribution in [-0.2, 0) is 29.5 Å². The Morgan fingerprint density at radius 3 is 2.10 bits per heavy atom. The standard InChI is InChI=1S/C32H49NO9.C15H13NO4.H2O4S/c1-6-18(3)25(35)41-24-11-12-26(4)19-8-9-20-28(37)13-23(34)31(39)21(29(28,38)16-30(20,26)42-32(19,24)40)15-33-14-17(2)7-10-22(33)27(31,5)36;1-10(17)16-11-6-8-12(9-7-11)20-15(19)13-4-2-3-5-14(13)18;1-5(2,3)4/h6,17,19-24,34,36-40H,7-16H2,1-5H3;2-9,18H,1H3,(H,16,17);(H2,1,2,3,4). The Bertz CT molecular complexity index is 2390. The monoisotopic (exact) mass is 960 g/mol. The molecule has 7 fully saturated rings. The van der Waals surface area contributed by atoms with Crippen LogP contribution in [0.3, 0.4) is 0 Å². The smallest absolute Gasteiger partial charge is 0.394 e. The van der Waals surface area contributed by atoms with E-state index in [4.69, 9.17) is 31.7 Å². The molecule has 20 heteroatoms. The number of anilines is 1. The van der Waals surface area contributed by atoms with Gasteiger partial charge >= 0.3 is 22.3 Å². The van der Waals surface area contributed by atoms with E-state index < -0.39 is 91.5 Å². The number of carbonyl (C=O) groups is 3. The summed E-state index contributed by atoms with van der Waals surface area (Å²) in [6.07, 6.45) is 2.30. The summed E-state index contributed by atoms with van der Waals surface area (Å²) in [5.41, 5.74) is -8.25. The van der Waals surface area contributed by atoms with Crippen LogP contribution in [0.5, 0.6) is 11.5 Å². The number of phenolic OH excluding ortho intramolecular Hbond substituents is 1. The Labute approximate surface area is 389 Å². The van der Waals surface area contributed by atoms with Gasteiger partial charge in [0.15, 0.2) is 6.10 Å². The van der Waals surface area contributed by atoms with Crippen LogP contribution in [0.15, 0.2) is 60.2 Å². The van der Waals surface area contributed by atoms with Crippen LogP contribution in [0.2, 0.25) is 0 Å². The lowest BCUT2D eigenvalue weighted by molar-refractivity contribution is -0.354. The van der Waals surface area contributed by atoms with Crippen LogP contribution in [0.4, 0.5) is 5.69 Å². The summed E-state index contributed by atoms with van der Waals surface area (Å²) in [5.74, 6) is -4.67. The third-order valence-electron chi connectivity index (χ3n) is 16.6. The molecule has 2 aromatic rings. The molecule has 3 saturated heterocycles. The molecule has 2 aromatic carbocycles. The summed E-state index contributed by atoms with van der Waals surface area (Å²) in [4.78, 5) is 37.6. The third-order valence-corrected chi connectivity index (χ3v) is 16.6. The van der Waals surface area contributed by atoms with Gasteiger partial charge in [-0.2, -0.15) is 8.42 Å². The molecule has 10 N–H and O–H groups in total. The van der Waals surface area contributed by atoms with Crippen molar-refractivity contribution in [3.8, 4) is 11.5 Å². The largest absolute Gasteiger partial charge is 0.507 e. The van der Waals surface area contributed by atoms with Gasteiger partial charge in [0.1, 0.15) is 39.5 Å². The molecule has 19 nitrogen and oxygen atoms in total. The number of aliphatic hydroxyl groups excluding tert-OH is 1. The first-order valence-electron chi connectivity index (χ1n) is 22.7. The number of rotatable bonds is 5. The highest BCUT2D eigenvalue weighted by atomic mass is 32.3. The molecule has 14 atom stereocenters. The second-order valence-corrected chi connectivity index (χ2v) is 21.1. The molecule has 4 saturated carbocycles. The molecule has 67 heavy (non-hydrogen) atoms. The van der Waals surface area contributed by atoms with Crippen molar-refractivity contribution in [2.24, 2.45) is 29.1 Å². The zero-order valence-electron chi connectivity index (χ0n) is 38.5. The molecular weight excluding hydrogens is 897 g/mol. The first kappa shape index (κ1) is 50.8. The number of aromatic hydroxyl groups is 1. The number of esters is 2. The topological polar surface area (TPSA) is 310 Å². The molecule has 9 rings (SSSR count). The summed E-state index contributed by atoms with van der Waals surface area (Å²) in [6.45, 7) is 11.5. The van der Waals surface area contributed by atoms with E-state index in [1.165, 1.54) is 19.1 Å². The number of nitrogens with one attached hydrogen (secondary N) is 1. The van der Waals surface area contributed by atoms with Gasteiger partial charge in [0.2, 0.25) is 11.7 Å². The van der Waals surface area contributed by atoms with Crippen molar-refractivity contribution in [1.82, 2.24) is 4.90 Å². The molecule has 370 valence electrons. The Balaban J connectivity index is 0.000000222. The fourth-order valence-corrected chi connectivity index (χ4v) is 13.4. The quantitative estimate of drug-likeness (QED) is 0.0892. The zero-order chi connectivity index (χ0) is 49.5. The van der Waals surface area contributed by atoms with Crippen LogP contribution in [0.25, 0.3) is 0 Å². The Hall–Kier alpha value is -4.06. The molecule has 3 heterocycles. The summed E-state index contributed by atoms with van der Waals surface area (Å²) < 4.78 is 49.3. The highest BCUT2D eigenvalue weighted by Crippen LogP contribution is 2.78. The van der Waals surface area contributed by atoms with Gasteiger partial charge in [-0.3, -0.25) is 18.8 Å². The maximum absolute atomic E-state index is 12.9. The van der Waals surface area contributed by atoms with Crippen LogP contribution >= 0.6 is 0 Å². The number of fused-ring (bicyclic) bond motifs is 5. The Kier molecular flexibility index (Phi) is 13.2. The van der Waals surface area contributed by atoms with Gasteiger partial charge in [0.05, 0.1) is 11.7 Å². The van der Waals surface area contributed by atoms with Crippen molar-refractivity contribution in [1.29, 1.82) is 0 Å². The van der Waals surface area contributed by atoms with Gasteiger partial charge in [-0.25, -0.2) is 9.59 Å². The summed E-state index contributed by atoms with van der Waals surface area (Å²) in [6, 6.07) is 12.1. The zero-order valence-corrected chi connectivity index (χ0v) is 39.3. The van der Waals surface area contributed by atoms with E-state index in [2.05, 4.69) is 17.1 Å². The van der Waals surface area contributed by atoms with Crippen molar-refractivity contribution < 1.29 is 81.9 Å². The molecule has 0 radical (unpaired) electrons. The fraction of sp³-hybridized carbons (Fsp3) is 0.638. The molecule has 4 bridgehead atoms. The van der Waals surface area contributed by atoms with Crippen LogP contribution < -0.4 is 10.1 Å². The Morgan fingerprint density at radius 2 is 1.49 bits per heavy atom. The van der Waals surface area contributed by atoms with E-state index in [1.807, 2.05) is 6.92 Å². The van der Waals surface area contributed by atoms with Gasteiger partial charge in [0.25, 0.3) is 0 Å². The summed E-state index contributed by atoms with van der Waals surface area (Å²) >= 11 is 0. The number of hydrogen-bond donors (Lipinski definition) is 10. The second-order valence-electron chi connectivity index (χ2n) is 20.2. The number of nitrogens with zero attached hydrogens (tertiary/aromatic N) is 1. The van der Waals surface area contributed by atoms with Gasteiger partial charge in [-0.1, -0.05) is 32.1 Å².